The van der Waals surface area contributed by atoms with Gasteiger partial charge in [0.05, 0.1) is 4.90 Å². The standard InChI is InChI=1S/C21H20FNO3S2/c1-14-8-9-15(2)19(11-14)28(25,26)20(18-7-4-10-27-18)13-23-21(24)16-5-3-6-17(22)12-16/h3-12,20H,13H2,1-2H3,(H,23,24)/t20-/m0/s1. The first-order chi connectivity index (χ1) is 13.3. The number of nitrogens with one attached hydrogen (secondary N) is 1. The third-order valence-corrected chi connectivity index (χ3v) is 7.78. The molecule has 1 aromatic heterocycles. The molecule has 3 aromatic rings. The molecule has 0 aliphatic heterocycles. The number of benzene rings is 2. The molecule has 0 saturated heterocycles. The molecule has 0 fully saturated rings. The van der Waals surface area contributed by atoms with Gasteiger partial charge in [0.15, 0.2) is 9.84 Å². The molecule has 1 N–H and O–H groups in total. The van der Waals surface area contributed by atoms with Crippen LogP contribution in [0.25, 0.3) is 0 Å². The number of hydrogen-bond donors (Lipinski definition) is 1. The van der Waals surface area contributed by atoms with Gasteiger partial charge in [-0.15, -0.1) is 11.3 Å². The lowest BCUT2D eigenvalue weighted by Gasteiger charge is -2.19. The van der Waals surface area contributed by atoms with E-state index < -0.39 is 26.8 Å². The van der Waals surface area contributed by atoms with E-state index in [0.29, 0.717) is 10.4 Å². The van der Waals surface area contributed by atoms with Crippen molar-refractivity contribution in [3.8, 4) is 0 Å². The highest BCUT2D eigenvalue weighted by Crippen LogP contribution is 2.33. The molecular formula is C21H20FNO3S2. The van der Waals surface area contributed by atoms with Gasteiger partial charge in [0, 0.05) is 17.0 Å². The maximum Gasteiger partial charge on any atom is 0.251 e. The Bertz CT molecular complexity index is 1090. The minimum absolute atomic E-state index is 0.106. The van der Waals surface area contributed by atoms with Gasteiger partial charge in [-0.3, -0.25) is 4.79 Å². The average molecular weight is 418 g/mol. The highest BCUT2D eigenvalue weighted by atomic mass is 32.2. The molecule has 4 nitrogen and oxygen atoms in total. The predicted octanol–water partition coefficient (Wildman–Crippen LogP) is 4.45. The Balaban J connectivity index is 1.92. The van der Waals surface area contributed by atoms with E-state index in [1.54, 1.807) is 36.6 Å². The Morgan fingerprint density at radius 2 is 1.89 bits per heavy atom. The molecule has 1 atom stereocenters. The van der Waals surface area contributed by atoms with Gasteiger partial charge in [0.1, 0.15) is 11.1 Å². The van der Waals surface area contributed by atoms with Crippen LogP contribution in [0.1, 0.15) is 31.6 Å². The molecule has 0 radical (unpaired) electrons. The van der Waals surface area contributed by atoms with E-state index in [0.717, 1.165) is 11.6 Å². The van der Waals surface area contributed by atoms with Crippen molar-refractivity contribution in [3.63, 3.8) is 0 Å². The van der Waals surface area contributed by atoms with Crippen LogP contribution in [-0.4, -0.2) is 20.9 Å². The third kappa shape index (κ3) is 4.31. The van der Waals surface area contributed by atoms with Crippen molar-refractivity contribution in [1.29, 1.82) is 0 Å². The largest absolute Gasteiger partial charge is 0.350 e. The number of hydrogen-bond acceptors (Lipinski definition) is 4. The fourth-order valence-electron chi connectivity index (χ4n) is 2.92. The second-order valence-corrected chi connectivity index (χ2v) is 9.62. The van der Waals surface area contributed by atoms with E-state index in [-0.39, 0.29) is 17.0 Å². The molecule has 0 aliphatic rings. The summed E-state index contributed by atoms with van der Waals surface area (Å²) in [7, 11) is -3.74. The molecule has 0 aliphatic carbocycles. The maximum atomic E-state index is 13.4. The van der Waals surface area contributed by atoms with Crippen LogP contribution in [0.2, 0.25) is 0 Å². The molecule has 0 spiro atoms. The molecule has 0 unspecified atom stereocenters. The van der Waals surface area contributed by atoms with E-state index in [2.05, 4.69) is 5.32 Å². The van der Waals surface area contributed by atoms with Crippen LogP contribution in [0.4, 0.5) is 4.39 Å². The molecule has 1 amide bonds. The van der Waals surface area contributed by atoms with E-state index in [1.165, 1.54) is 29.5 Å². The van der Waals surface area contributed by atoms with E-state index >= 15 is 0 Å². The molecule has 1 heterocycles. The SMILES string of the molecule is Cc1ccc(C)c(S(=O)(=O)[C@@H](CNC(=O)c2cccc(F)c2)c2cccs2)c1. The summed E-state index contributed by atoms with van der Waals surface area (Å²) in [5.41, 5.74) is 1.65. The van der Waals surface area contributed by atoms with Crippen LogP contribution in [-0.2, 0) is 9.84 Å². The van der Waals surface area contributed by atoms with E-state index in [4.69, 9.17) is 0 Å². The lowest BCUT2D eigenvalue weighted by Crippen LogP contribution is -2.31. The Morgan fingerprint density at radius 3 is 2.57 bits per heavy atom. The van der Waals surface area contributed by atoms with Crippen LogP contribution in [0.3, 0.4) is 0 Å². The number of carbonyl (C=O) groups excluding carboxylic acids is 1. The van der Waals surface area contributed by atoms with Crippen molar-refractivity contribution in [1.82, 2.24) is 5.32 Å². The van der Waals surface area contributed by atoms with Gasteiger partial charge in [-0.25, -0.2) is 12.8 Å². The van der Waals surface area contributed by atoms with Crippen LogP contribution in [0.15, 0.2) is 64.9 Å². The number of aryl methyl sites for hydroxylation is 2. The molecule has 3 rings (SSSR count). The normalized spacial score (nSPS) is 12.5. The summed E-state index contributed by atoms with van der Waals surface area (Å²) in [6.07, 6.45) is 0. The number of carbonyl (C=O) groups is 1. The smallest absolute Gasteiger partial charge is 0.251 e. The summed E-state index contributed by atoms with van der Waals surface area (Å²) < 4.78 is 40.2. The zero-order valence-electron chi connectivity index (χ0n) is 15.5. The number of halogens is 1. The quantitative estimate of drug-likeness (QED) is 0.645. The Morgan fingerprint density at radius 1 is 1.11 bits per heavy atom. The Labute approximate surface area is 168 Å². The fourth-order valence-corrected chi connectivity index (χ4v) is 6.04. The minimum atomic E-state index is -3.74. The summed E-state index contributed by atoms with van der Waals surface area (Å²) in [6.45, 7) is 3.49. The fraction of sp³-hybridized carbons (Fsp3) is 0.190. The van der Waals surface area contributed by atoms with Gasteiger partial charge in [0.25, 0.3) is 5.91 Å². The van der Waals surface area contributed by atoms with Crippen LogP contribution in [0, 0.1) is 19.7 Å². The highest BCUT2D eigenvalue weighted by Gasteiger charge is 2.31. The first-order valence-electron chi connectivity index (χ1n) is 8.67. The van der Waals surface area contributed by atoms with Gasteiger partial charge in [-0.1, -0.05) is 24.3 Å². The van der Waals surface area contributed by atoms with Gasteiger partial charge >= 0.3 is 0 Å². The topological polar surface area (TPSA) is 63.2 Å². The number of rotatable bonds is 6. The third-order valence-electron chi connectivity index (χ3n) is 4.42. The van der Waals surface area contributed by atoms with E-state index in [1.807, 2.05) is 13.0 Å². The average Bonchev–Trinajstić information content (AvgIpc) is 3.17. The summed E-state index contributed by atoms with van der Waals surface area (Å²) >= 11 is 1.32. The zero-order chi connectivity index (χ0) is 20.3. The highest BCUT2D eigenvalue weighted by molar-refractivity contribution is 7.92. The molecule has 28 heavy (non-hydrogen) atoms. The zero-order valence-corrected chi connectivity index (χ0v) is 17.1. The minimum Gasteiger partial charge on any atom is -0.350 e. The van der Waals surface area contributed by atoms with E-state index in [9.17, 15) is 17.6 Å². The van der Waals surface area contributed by atoms with Crippen LogP contribution in [0.5, 0.6) is 0 Å². The first-order valence-corrected chi connectivity index (χ1v) is 11.1. The lowest BCUT2D eigenvalue weighted by atomic mass is 10.2. The van der Waals surface area contributed by atoms with Crippen molar-refractivity contribution in [2.75, 3.05) is 6.54 Å². The molecular weight excluding hydrogens is 397 g/mol. The van der Waals surface area contributed by atoms with Crippen molar-refractivity contribution >= 4 is 27.1 Å². The van der Waals surface area contributed by atoms with Gasteiger partial charge in [-0.2, -0.15) is 0 Å². The number of sulfone groups is 1. The number of thiophene rings is 1. The molecule has 7 heteroatoms. The summed E-state index contributed by atoms with van der Waals surface area (Å²) in [5.74, 6) is -1.04. The summed E-state index contributed by atoms with van der Waals surface area (Å²) in [5, 5.41) is 3.52. The Kier molecular flexibility index (Phi) is 5.96. The first kappa shape index (κ1) is 20.2. The van der Waals surface area contributed by atoms with Gasteiger partial charge in [0.2, 0.25) is 0 Å². The molecule has 0 saturated carbocycles. The second kappa shape index (κ2) is 8.24. The maximum absolute atomic E-state index is 13.4. The lowest BCUT2D eigenvalue weighted by molar-refractivity contribution is 0.0953. The van der Waals surface area contributed by atoms with Crippen LogP contribution < -0.4 is 5.32 Å². The van der Waals surface area contributed by atoms with Crippen molar-refractivity contribution < 1.29 is 17.6 Å². The Hall–Kier alpha value is -2.51. The van der Waals surface area contributed by atoms with Gasteiger partial charge in [-0.05, 0) is 60.7 Å². The van der Waals surface area contributed by atoms with Crippen molar-refractivity contribution in [3.05, 3.63) is 87.4 Å². The second-order valence-electron chi connectivity index (χ2n) is 6.54. The van der Waals surface area contributed by atoms with Crippen molar-refractivity contribution in [2.24, 2.45) is 0 Å². The number of amides is 1. The van der Waals surface area contributed by atoms with Gasteiger partial charge < -0.3 is 5.32 Å². The van der Waals surface area contributed by atoms with Crippen molar-refractivity contribution in [2.45, 2.75) is 24.0 Å². The summed E-state index contributed by atoms with van der Waals surface area (Å²) in [6, 6.07) is 14.1. The summed E-state index contributed by atoms with van der Waals surface area (Å²) in [4.78, 5) is 13.3. The molecule has 146 valence electrons. The predicted molar refractivity (Wildman–Crippen MR) is 109 cm³/mol. The van der Waals surface area contributed by atoms with Crippen LogP contribution >= 0.6 is 11.3 Å². The monoisotopic (exact) mass is 417 g/mol. The molecule has 0 bridgehead atoms. The molecule has 2 aromatic carbocycles.